The molecule has 0 bridgehead atoms. The standard InChI is InChI=1S/C33H33N7O4/c34-11-14-40-29-16-22(4-5-25(29)18-35-40)21-44-32-3-1-2-27(37-32)23-8-12-38(13-9-23)20-31-36-28-7-6-24(33(41)42)17-30(28)39(31)19-26-10-15-43-26/h1-7,16-18,23,26H,8-10,12-15,19-21H2,(H,41,42). The maximum absolute atomic E-state index is 11.6. The molecule has 1 unspecified atom stereocenters. The number of carboxylic acids is 1. The molecular weight excluding hydrogens is 558 g/mol. The van der Waals surface area contributed by atoms with E-state index in [0.29, 0.717) is 31.5 Å². The van der Waals surface area contributed by atoms with Crippen molar-refractivity contribution in [1.82, 2.24) is 29.2 Å². The first-order valence-electron chi connectivity index (χ1n) is 15.0. The number of aromatic nitrogens is 5. The number of hydrogen-bond donors (Lipinski definition) is 1. The van der Waals surface area contributed by atoms with E-state index >= 15 is 0 Å². The van der Waals surface area contributed by atoms with E-state index in [1.807, 2.05) is 30.3 Å². The first-order chi connectivity index (χ1) is 21.5. The molecule has 2 saturated heterocycles. The van der Waals surface area contributed by atoms with Crippen LogP contribution in [0.15, 0.2) is 60.8 Å². The van der Waals surface area contributed by atoms with E-state index in [4.69, 9.17) is 24.7 Å². The van der Waals surface area contributed by atoms with Crippen molar-refractivity contribution in [3.8, 4) is 11.9 Å². The first-order valence-corrected chi connectivity index (χ1v) is 15.0. The Bertz CT molecular complexity index is 1860. The molecule has 0 amide bonds. The van der Waals surface area contributed by atoms with Crippen molar-refractivity contribution in [3.63, 3.8) is 0 Å². The summed E-state index contributed by atoms with van der Waals surface area (Å²) >= 11 is 0. The van der Waals surface area contributed by atoms with E-state index in [9.17, 15) is 9.90 Å². The Labute approximate surface area is 254 Å². The lowest BCUT2D eigenvalue weighted by molar-refractivity contribution is -0.0592. The number of fused-ring (bicyclic) bond motifs is 2. The first kappa shape index (κ1) is 28.0. The second-order valence-electron chi connectivity index (χ2n) is 11.5. The smallest absolute Gasteiger partial charge is 0.335 e. The predicted octanol–water partition coefficient (Wildman–Crippen LogP) is 4.75. The summed E-state index contributed by atoms with van der Waals surface area (Å²) in [6, 6.07) is 19.3. The number of likely N-dealkylation sites (tertiary alicyclic amines) is 1. The maximum atomic E-state index is 11.6. The number of nitriles is 1. The van der Waals surface area contributed by atoms with Crippen LogP contribution >= 0.6 is 0 Å². The zero-order chi connectivity index (χ0) is 30.0. The van der Waals surface area contributed by atoms with Crippen molar-refractivity contribution in [2.45, 2.75) is 57.5 Å². The molecule has 2 aliphatic rings. The van der Waals surface area contributed by atoms with Crippen LogP contribution < -0.4 is 4.74 Å². The van der Waals surface area contributed by atoms with Gasteiger partial charge in [0.15, 0.2) is 0 Å². The van der Waals surface area contributed by atoms with Crippen LogP contribution in [0.3, 0.4) is 0 Å². The number of carboxylic acid groups (broad SMARTS) is 1. The third-order valence-electron chi connectivity index (χ3n) is 8.69. The molecule has 224 valence electrons. The zero-order valence-corrected chi connectivity index (χ0v) is 24.3. The molecule has 0 aliphatic carbocycles. The third kappa shape index (κ3) is 5.74. The summed E-state index contributed by atoms with van der Waals surface area (Å²) < 4.78 is 15.6. The average molecular weight is 592 g/mol. The summed E-state index contributed by atoms with van der Waals surface area (Å²) in [7, 11) is 0. The van der Waals surface area contributed by atoms with E-state index in [2.05, 4.69) is 26.7 Å². The molecule has 5 aromatic rings. The minimum Gasteiger partial charge on any atom is -0.478 e. The van der Waals surface area contributed by atoms with Crippen molar-refractivity contribution >= 4 is 27.9 Å². The number of piperidine rings is 1. The van der Waals surface area contributed by atoms with Gasteiger partial charge < -0.3 is 19.1 Å². The van der Waals surface area contributed by atoms with Crippen LogP contribution in [0, 0.1) is 11.3 Å². The molecule has 3 aromatic heterocycles. The van der Waals surface area contributed by atoms with Gasteiger partial charge in [-0.15, -0.1) is 0 Å². The maximum Gasteiger partial charge on any atom is 0.335 e. The lowest BCUT2D eigenvalue weighted by atomic mass is 9.93. The monoisotopic (exact) mass is 591 g/mol. The summed E-state index contributed by atoms with van der Waals surface area (Å²) in [4.78, 5) is 23.8. The highest BCUT2D eigenvalue weighted by Gasteiger charge is 2.26. The van der Waals surface area contributed by atoms with Gasteiger partial charge >= 0.3 is 5.97 Å². The van der Waals surface area contributed by atoms with Gasteiger partial charge in [0.25, 0.3) is 0 Å². The summed E-state index contributed by atoms with van der Waals surface area (Å²) in [6.07, 6.45) is 4.87. The minimum absolute atomic E-state index is 0.140. The summed E-state index contributed by atoms with van der Waals surface area (Å²) in [5.74, 6) is 0.946. The quantitative estimate of drug-likeness (QED) is 0.244. The Morgan fingerprint density at radius 3 is 2.70 bits per heavy atom. The van der Waals surface area contributed by atoms with Crippen LogP contribution in [-0.2, 0) is 31.0 Å². The van der Waals surface area contributed by atoms with Gasteiger partial charge in [-0.25, -0.2) is 14.8 Å². The third-order valence-corrected chi connectivity index (χ3v) is 8.69. The van der Waals surface area contributed by atoms with E-state index < -0.39 is 5.97 Å². The van der Waals surface area contributed by atoms with Crippen LogP contribution in [0.1, 0.15) is 52.6 Å². The number of imidazole rings is 1. The van der Waals surface area contributed by atoms with E-state index in [1.165, 1.54) is 0 Å². The lowest BCUT2D eigenvalue weighted by Crippen LogP contribution is -2.35. The molecule has 0 radical (unpaired) electrons. The van der Waals surface area contributed by atoms with Gasteiger partial charge in [-0.1, -0.05) is 18.2 Å². The number of hydrogen-bond acceptors (Lipinski definition) is 8. The van der Waals surface area contributed by atoms with Crippen molar-refractivity contribution in [2.75, 3.05) is 19.7 Å². The number of carbonyl (C=O) groups is 1. The number of aromatic carboxylic acids is 1. The molecule has 0 saturated carbocycles. The minimum atomic E-state index is -0.937. The highest BCUT2D eigenvalue weighted by atomic mass is 16.5. The van der Waals surface area contributed by atoms with E-state index in [1.54, 1.807) is 29.1 Å². The topological polar surface area (TPSA) is 131 Å². The van der Waals surface area contributed by atoms with Crippen molar-refractivity contribution in [1.29, 1.82) is 5.26 Å². The summed E-state index contributed by atoms with van der Waals surface area (Å²) in [5, 5.41) is 23.9. The Balaban J connectivity index is 0.995. The molecular formula is C33H33N7O4. The number of pyridine rings is 1. The fourth-order valence-corrected chi connectivity index (χ4v) is 6.14. The van der Waals surface area contributed by atoms with Crippen LogP contribution in [0.25, 0.3) is 21.9 Å². The highest BCUT2D eigenvalue weighted by Crippen LogP contribution is 2.30. The highest BCUT2D eigenvalue weighted by molar-refractivity contribution is 5.92. The average Bonchev–Trinajstić information content (AvgIpc) is 3.58. The Morgan fingerprint density at radius 2 is 1.93 bits per heavy atom. The van der Waals surface area contributed by atoms with Gasteiger partial charge in [-0.2, -0.15) is 10.4 Å². The molecule has 5 heterocycles. The molecule has 11 heteroatoms. The zero-order valence-electron chi connectivity index (χ0n) is 24.3. The van der Waals surface area contributed by atoms with Crippen molar-refractivity contribution in [2.24, 2.45) is 0 Å². The van der Waals surface area contributed by atoms with Gasteiger partial charge in [0.05, 0.1) is 53.6 Å². The van der Waals surface area contributed by atoms with E-state index in [0.717, 1.165) is 78.0 Å². The van der Waals surface area contributed by atoms with Gasteiger partial charge in [0.1, 0.15) is 19.0 Å². The normalized spacial score (nSPS) is 17.5. The number of nitrogens with zero attached hydrogens (tertiary/aromatic N) is 7. The lowest BCUT2D eigenvalue weighted by Gasteiger charge is -2.32. The van der Waals surface area contributed by atoms with E-state index in [-0.39, 0.29) is 18.2 Å². The van der Waals surface area contributed by atoms with Crippen molar-refractivity contribution in [3.05, 3.63) is 83.4 Å². The van der Waals surface area contributed by atoms with Crippen LogP contribution in [-0.4, -0.2) is 66.1 Å². The van der Waals surface area contributed by atoms with Crippen molar-refractivity contribution < 1.29 is 19.4 Å². The number of benzene rings is 2. The van der Waals surface area contributed by atoms with Crippen LogP contribution in [0.5, 0.6) is 5.88 Å². The van der Waals surface area contributed by atoms with Crippen LogP contribution in [0.2, 0.25) is 0 Å². The molecule has 2 aliphatic heterocycles. The Kier molecular flexibility index (Phi) is 7.68. The second kappa shape index (κ2) is 12.1. The summed E-state index contributed by atoms with van der Waals surface area (Å²) in [6.45, 7) is 4.56. The molecule has 1 atom stereocenters. The SMILES string of the molecule is N#CCn1ncc2ccc(COc3cccc(C4CCN(Cc5nc6ccc(C(=O)O)cc6n5CC5CCO5)CC4)n3)cc21. The Morgan fingerprint density at radius 1 is 1.07 bits per heavy atom. The largest absolute Gasteiger partial charge is 0.478 e. The molecule has 2 aromatic carbocycles. The van der Waals surface area contributed by atoms with Crippen LogP contribution in [0.4, 0.5) is 0 Å². The fraction of sp³-hybridized carbons (Fsp3) is 0.364. The molecule has 0 spiro atoms. The van der Waals surface area contributed by atoms with Gasteiger partial charge in [0, 0.05) is 29.7 Å². The van der Waals surface area contributed by atoms with Gasteiger partial charge in [0.2, 0.25) is 5.88 Å². The molecule has 7 rings (SSSR count). The van der Waals surface area contributed by atoms with Gasteiger partial charge in [-0.05, 0) is 68.2 Å². The molecule has 1 N–H and O–H groups in total. The summed E-state index contributed by atoms with van der Waals surface area (Å²) in [5.41, 5.74) is 4.88. The molecule has 2 fully saturated rings. The molecule has 11 nitrogen and oxygen atoms in total. The Hall–Kier alpha value is -4.79. The number of rotatable bonds is 10. The molecule has 44 heavy (non-hydrogen) atoms. The number of ether oxygens (including phenoxy) is 2. The predicted molar refractivity (Wildman–Crippen MR) is 162 cm³/mol. The van der Waals surface area contributed by atoms with Gasteiger partial charge in [-0.3, -0.25) is 9.58 Å². The fourth-order valence-electron chi connectivity index (χ4n) is 6.14. The second-order valence-corrected chi connectivity index (χ2v) is 11.5.